The van der Waals surface area contributed by atoms with Gasteiger partial charge in [0.05, 0.1) is 12.2 Å². The smallest absolute Gasteiger partial charge is 0.232 e. The number of benzene rings is 2. The molecule has 1 heterocycles. The van der Waals surface area contributed by atoms with Crippen molar-refractivity contribution in [2.45, 2.75) is 13.3 Å². The van der Waals surface area contributed by atoms with Crippen LogP contribution in [0.1, 0.15) is 18.4 Å². The Morgan fingerprint density at radius 3 is 2.40 bits per heavy atom. The van der Waals surface area contributed by atoms with E-state index in [-0.39, 0.29) is 5.75 Å². The zero-order valence-corrected chi connectivity index (χ0v) is 15.0. The van der Waals surface area contributed by atoms with Crippen molar-refractivity contribution in [1.29, 1.82) is 0 Å². The highest BCUT2D eigenvalue weighted by molar-refractivity contribution is 7.92. The van der Waals surface area contributed by atoms with Crippen LogP contribution in [-0.4, -0.2) is 24.3 Å². The standard InChI is InChI=1S/C17H16ClN3O3S/c1-2-25(22,23)21-15-9-5-13(6-10-15)17-19-16(24-20-17)11-12-3-7-14(18)8-4-12/h3-10,21H,2,11H2,1H3. The highest BCUT2D eigenvalue weighted by atomic mass is 35.5. The second-order valence-electron chi connectivity index (χ2n) is 5.40. The highest BCUT2D eigenvalue weighted by Crippen LogP contribution is 2.20. The van der Waals surface area contributed by atoms with E-state index < -0.39 is 10.0 Å². The van der Waals surface area contributed by atoms with E-state index >= 15 is 0 Å². The van der Waals surface area contributed by atoms with Crippen LogP contribution in [0, 0.1) is 0 Å². The summed E-state index contributed by atoms with van der Waals surface area (Å²) in [6.07, 6.45) is 0.512. The monoisotopic (exact) mass is 377 g/mol. The maximum absolute atomic E-state index is 11.6. The predicted molar refractivity (Wildman–Crippen MR) is 97.1 cm³/mol. The van der Waals surface area contributed by atoms with Gasteiger partial charge >= 0.3 is 0 Å². The van der Waals surface area contributed by atoms with Crippen LogP contribution in [0.25, 0.3) is 11.4 Å². The summed E-state index contributed by atoms with van der Waals surface area (Å²) in [5.41, 5.74) is 2.25. The lowest BCUT2D eigenvalue weighted by Crippen LogP contribution is -2.14. The van der Waals surface area contributed by atoms with Gasteiger partial charge in [0.25, 0.3) is 0 Å². The van der Waals surface area contributed by atoms with Gasteiger partial charge in [-0.1, -0.05) is 28.9 Å². The molecular formula is C17H16ClN3O3S. The topological polar surface area (TPSA) is 85.1 Å². The van der Waals surface area contributed by atoms with Gasteiger partial charge in [-0.05, 0) is 48.9 Å². The summed E-state index contributed by atoms with van der Waals surface area (Å²) in [6.45, 7) is 1.58. The Kier molecular flexibility index (Phi) is 5.06. The van der Waals surface area contributed by atoms with E-state index in [1.54, 1.807) is 31.2 Å². The summed E-state index contributed by atoms with van der Waals surface area (Å²) in [7, 11) is -3.29. The van der Waals surface area contributed by atoms with Gasteiger partial charge in [-0.2, -0.15) is 4.98 Å². The fourth-order valence-corrected chi connectivity index (χ4v) is 2.93. The van der Waals surface area contributed by atoms with Gasteiger partial charge in [-0.3, -0.25) is 4.72 Å². The molecule has 0 atom stereocenters. The molecule has 0 aliphatic rings. The number of nitrogens with one attached hydrogen (secondary N) is 1. The molecule has 1 N–H and O–H groups in total. The van der Waals surface area contributed by atoms with Crippen LogP contribution in [0.2, 0.25) is 5.02 Å². The Morgan fingerprint density at radius 1 is 1.08 bits per heavy atom. The van der Waals surface area contributed by atoms with Gasteiger partial charge in [0.1, 0.15) is 0 Å². The zero-order valence-electron chi connectivity index (χ0n) is 13.4. The van der Waals surface area contributed by atoms with E-state index in [9.17, 15) is 8.42 Å². The molecule has 6 nitrogen and oxygen atoms in total. The third-order valence-corrected chi connectivity index (χ3v) is 5.09. The van der Waals surface area contributed by atoms with Crippen molar-refractivity contribution in [3.8, 4) is 11.4 Å². The van der Waals surface area contributed by atoms with Crippen molar-refractivity contribution in [1.82, 2.24) is 10.1 Å². The van der Waals surface area contributed by atoms with Gasteiger partial charge in [-0.25, -0.2) is 8.42 Å². The first kappa shape index (κ1) is 17.4. The third kappa shape index (κ3) is 4.58. The van der Waals surface area contributed by atoms with E-state index in [1.807, 2.05) is 24.3 Å². The van der Waals surface area contributed by atoms with E-state index in [2.05, 4.69) is 14.9 Å². The zero-order chi connectivity index (χ0) is 17.9. The molecular weight excluding hydrogens is 362 g/mol. The minimum Gasteiger partial charge on any atom is -0.339 e. The molecule has 0 fully saturated rings. The lowest BCUT2D eigenvalue weighted by atomic mass is 10.1. The summed E-state index contributed by atoms with van der Waals surface area (Å²) >= 11 is 5.87. The molecule has 2 aromatic carbocycles. The summed E-state index contributed by atoms with van der Waals surface area (Å²) in [4.78, 5) is 4.37. The molecule has 25 heavy (non-hydrogen) atoms. The number of hydrogen-bond donors (Lipinski definition) is 1. The predicted octanol–water partition coefficient (Wildman–Crippen LogP) is 3.74. The first-order valence-electron chi connectivity index (χ1n) is 7.63. The second kappa shape index (κ2) is 7.25. The van der Waals surface area contributed by atoms with Crippen molar-refractivity contribution < 1.29 is 12.9 Å². The molecule has 0 amide bonds. The number of anilines is 1. The molecule has 3 rings (SSSR count). The first-order chi connectivity index (χ1) is 11.9. The van der Waals surface area contributed by atoms with Gasteiger partial charge < -0.3 is 4.52 Å². The average molecular weight is 378 g/mol. The molecule has 0 saturated heterocycles. The number of hydrogen-bond acceptors (Lipinski definition) is 5. The molecule has 0 spiro atoms. The van der Waals surface area contributed by atoms with Crippen LogP contribution < -0.4 is 4.72 Å². The fraction of sp³-hybridized carbons (Fsp3) is 0.176. The van der Waals surface area contributed by atoms with Crippen molar-refractivity contribution >= 4 is 27.3 Å². The van der Waals surface area contributed by atoms with Crippen LogP contribution in [-0.2, 0) is 16.4 Å². The molecule has 3 aromatic rings. The normalized spacial score (nSPS) is 11.4. The molecule has 8 heteroatoms. The number of aromatic nitrogens is 2. The van der Waals surface area contributed by atoms with Crippen molar-refractivity contribution in [3.63, 3.8) is 0 Å². The molecule has 0 unspecified atom stereocenters. The lowest BCUT2D eigenvalue weighted by molar-refractivity contribution is 0.385. The fourth-order valence-electron chi connectivity index (χ4n) is 2.16. The number of halogens is 1. The number of nitrogens with zero attached hydrogens (tertiary/aromatic N) is 2. The third-order valence-electron chi connectivity index (χ3n) is 3.53. The number of rotatable bonds is 6. The summed E-state index contributed by atoms with van der Waals surface area (Å²) in [5, 5.41) is 4.64. The van der Waals surface area contributed by atoms with Gasteiger partial charge in [-0.15, -0.1) is 0 Å². The molecule has 0 bridgehead atoms. The van der Waals surface area contributed by atoms with Crippen molar-refractivity contribution in [2.24, 2.45) is 0 Å². The summed E-state index contributed by atoms with van der Waals surface area (Å²) in [6, 6.07) is 14.2. The summed E-state index contributed by atoms with van der Waals surface area (Å²) < 4.78 is 30.9. The van der Waals surface area contributed by atoms with Gasteiger partial charge in [0.2, 0.25) is 21.7 Å². The van der Waals surface area contributed by atoms with Crippen LogP contribution >= 0.6 is 11.6 Å². The van der Waals surface area contributed by atoms with E-state index in [1.165, 1.54) is 0 Å². The Balaban J connectivity index is 1.72. The molecule has 0 aliphatic heterocycles. The number of sulfonamides is 1. The molecule has 1 aromatic heterocycles. The largest absolute Gasteiger partial charge is 0.339 e. The first-order valence-corrected chi connectivity index (χ1v) is 9.66. The maximum Gasteiger partial charge on any atom is 0.232 e. The van der Waals surface area contributed by atoms with Crippen LogP contribution in [0.4, 0.5) is 5.69 Å². The molecule has 0 radical (unpaired) electrons. The maximum atomic E-state index is 11.6. The molecule has 0 aliphatic carbocycles. The average Bonchev–Trinajstić information content (AvgIpc) is 3.06. The van der Waals surface area contributed by atoms with E-state index in [4.69, 9.17) is 16.1 Å². The Hall–Kier alpha value is -2.38. The van der Waals surface area contributed by atoms with Crippen LogP contribution in [0.15, 0.2) is 53.1 Å². The molecule has 130 valence electrons. The Bertz CT molecular complexity index is 952. The minimum absolute atomic E-state index is 0.0215. The SMILES string of the molecule is CCS(=O)(=O)Nc1ccc(-c2noc(Cc3ccc(Cl)cc3)n2)cc1. The molecule has 0 saturated carbocycles. The van der Waals surface area contributed by atoms with Crippen molar-refractivity contribution in [3.05, 3.63) is 65.0 Å². The summed E-state index contributed by atoms with van der Waals surface area (Å²) in [5.74, 6) is 0.968. The lowest BCUT2D eigenvalue weighted by Gasteiger charge is -2.05. The van der Waals surface area contributed by atoms with Gasteiger partial charge in [0.15, 0.2) is 0 Å². The van der Waals surface area contributed by atoms with E-state index in [0.29, 0.717) is 28.8 Å². The van der Waals surface area contributed by atoms with Crippen molar-refractivity contribution in [2.75, 3.05) is 10.5 Å². The van der Waals surface area contributed by atoms with Gasteiger partial charge in [0, 0.05) is 16.3 Å². The van der Waals surface area contributed by atoms with E-state index in [0.717, 1.165) is 11.1 Å². The minimum atomic E-state index is -3.29. The second-order valence-corrected chi connectivity index (χ2v) is 7.85. The van der Waals surface area contributed by atoms with Crippen LogP contribution in [0.3, 0.4) is 0 Å². The van der Waals surface area contributed by atoms with Crippen LogP contribution in [0.5, 0.6) is 0 Å². The Morgan fingerprint density at radius 2 is 1.76 bits per heavy atom. The Labute approximate surface area is 150 Å². The quantitative estimate of drug-likeness (QED) is 0.707. The highest BCUT2D eigenvalue weighted by Gasteiger charge is 2.11.